The minimum Gasteiger partial charge on any atom is -0.354 e. The third-order valence-electron chi connectivity index (χ3n) is 4.50. The zero-order chi connectivity index (χ0) is 19.6. The van der Waals surface area contributed by atoms with E-state index in [9.17, 15) is 14.4 Å². The molecule has 0 aliphatic heterocycles. The molecule has 7 nitrogen and oxygen atoms in total. The Labute approximate surface area is 156 Å². The Morgan fingerprint density at radius 2 is 1.85 bits per heavy atom. The molecule has 0 spiro atoms. The summed E-state index contributed by atoms with van der Waals surface area (Å²) in [6.07, 6.45) is 0.680. The number of nitrogens with one attached hydrogen (secondary N) is 1. The lowest BCUT2D eigenvalue weighted by atomic mass is 10.1. The predicted molar refractivity (Wildman–Crippen MR) is 104 cm³/mol. The second-order valence-electron chi connectivity index (χ2n) is 6.60. The molecule has 0 saturated heterocycles. The maximum Gasteiger partial charge on any atom is 0.332 e. The Morgan fingerprint density at radius 3 is 2.56 bits per heavy atom. The average Bonchev–Trinajstić information content (AvgIpc) is 2.63. The summed E-state index contributed by atoms with van der Waals surface area (Å²) in [7, 11) is 1.56. The van der Waals surface area contributed by atoms with Gasteiger partial charge in [0, 0.05) is 19.3 Å². The van der Waals surface area contributed by atoms with Crippen LogP contribution in [0, 0.1) is 13.8 Å². The zero-order valence-electron chi connectivity index (χ0n) is 15.7. The number of amides is 1. The quantitative estimate of drug-likeness (QED) is 0.732. The highest BCUT2D eigenvalue weighted by Crippen LogP contribution is 2.11. The van der Waals surface area contributed by atoms with Gasteiger partial charge in [0.2, 0.25) is 5.91 Å². The smallest absolute Gasteiger partial charge is 0.332 e. The second-order valence-corrected chi connectivity index (χ2v) is 6.60. The number of aromatic nitrogens is 3. The standard InChI is InChI=1S/C20H22N4O3/c1-13-11-14(2)22-18-17(13)19(26)24(20(27)23(18)3)12-16(25)21-10-9-15-7-5-4-6-8-15/h4-8,11H,9-10,12H2,1-3H3,(H,21,25). The monoisotopic (exact) mass is 366 g/mol. The first-order valence-corrected chi connectivity index (χ1v) is 8.77. The van der Waals surface area contributed by atoms with Gasteiger partial charge >= 0.3 is 5.69 Å². The summed E-state index contributed by atoms with van der Waals surface area (Å²) in [6, 6.07) is 11.6. The molecule has 1 N–H and O–H groups in total. The first-order valence-electron chi connectivity index (χ1n) is 8.77. The zero-order valence-corrected chi connectivity index (χ0v) is 15.7. The number of aryl methyl sites for hydroxylation is 3. The highest BCUT2D eigenvalue weighted by atomic mass is 16.2. The molecule has 2 aromatic heterocycles. The van der Waals surface area contributed by atoms with Crippen molar-refractivity contribution < 1.29 is 4.79 Å². The van der Waals surface area contributed by atoms with E-state index in [1.165, 1.54) is 4.57 Å². The molecule has 7 heteroatoms. The molecular formula is C20H22N4O3. The molecule has 0 fully saturated rings. The van der Waals surface area contributed by atoms with Crippen molar-refractivity contribution in [3.63, 3.8) is 0 Å². The lowest BCUT2D eigenvalue weighted by Gasteiger charge is -2.12. The van der Waals surface area contributed by atoms with Crippen LogP contribution in [-0.4, -0.2) is 26.6 Å². The van der Waals surface area contributed by atoms with Gasteiger partial charge in [-0.25, -0.2) is 9.78 Å². The van der Waals surface area contributed by atoms with Crippen LogP contribution in [0.15, 0.2) is 46.0 Å². The van der Waals surface area contributed by atoms with E-state index in [1.807, 2.05) is 37.3 Å². The van der Waals surface area contributed by atoms with Gasteiger partial charge in [0.05, 0.1) is 5.39 Å². The SMILES string of the molecule is Cc1cc(C)c2c(=O)n(CC(=O)NCCc3ccccc3)c(=O)n(C)c2n1. The summed E-state index contributed by atoms with van der Waals surface area (Å²) < 4.78 is 2.28. The number of carbonyl (C=O) groups is 1. The van der Waals surface area contributed by atoms with Gasteiger partial charge in [-0.15, -0.1) is 0 Å². The lowest BCUT2D eigenvalue weighted by molar-refractivity contribution is -0.121. The number of carbonyl (C=O) groups excluding carboxylic acids is 1. The Hall–Kier alpha value is -3.22. The van der Waals surface area contributed by atoms with Crippen molar-refractivity contribution in [1.29, 1.82) is 0 Å². The predicted octanol–water partition coefficient (Wildman–Crippen LogP) is 1.07. The fourth-order valence-electron chi connectivity index (χ4n) is 3.15. The number of benzene rings is 1. The molecular weight excluding hydrogens is 344 g/mol. The van der Waals surface area contributed by atoms with Crippen molar-refractivity contribution in [2.24, 2.45) is 7.05 Å². The van der Waals surface area contributed by atoms with E-state index in [0.29, 0.717) is 24.0 Å². The van der Waals surface area contributed by atoms with Gasteiger partial charge < -0.3 is 5.32 Å². The topological polar surface area (TPSA) is 86.0 Å². The minimum absolute atomic E-state index is 0.316. The van der Waals surface area contributed by atoms with Crippen LogP contribution in [0.1, 0.15) is 16.8 Å². The van der Waals surface area contributed by atoms with Gasteiger partial charge in [-0.2, -0.15) is 0 Å². The van der Waals surface area contributed by atoms with Crippen LogP contribution in [0.4, 0.5) is 0 Å². The molecule has 1 aromatic carbocycles. The van der Waals surface area contributed by atoms with Gasteiger partial charge in [-0.05, 0) is 37.5 Å². The van der Waals surface area contributed by atoms with Gasteiger partial charge in [-0.1, -0.05) is 30.3 Å². The Morgan fingerprint density at radius 1 is 1.15 bits per heavy atom. The molecule has 140 valence electrons. The molecule has 1 amide bonds. The van der Waals surface area contributed by atoms with Crippen LogP contribution >= 0.6 is 0 Å². The number of hydrogen-bond acceptors (Lipinski definition) is 4. The summed E-state index contributed by atoms with van der Waals surface area (Å²) in [5.41, 5.74) is 1.86. The van der Waals surface area contributed by atoms with Crippen LogP contribution in [-0.2, 0) is 24.8 Å². The second kappa shape index (κ2) is 7.57. The molecule has 0 bridgehead atoms. The summed E-state index contributed by atoms with van der Waals surface area (Å²) in [6.45, 7) is 3.73. The molecule has 0 aliphatic rings. The van der Waals surface area contributed by atoms with Crippen LogP contribution in [0.2, 0.25) is 0 Å². The molecule has 0 atom stereocenters. The van der Waals surface area contributed by atoms with Crippen LogP contribution in [0.5, 0.6) is 0 Å². The summed E-state index contributed by atoms with van der Waals surface area (Å²) in [5.74, 6) is -0.373. The normalized spacial score (nSPS) is 10.9. The van der Waals surface area contributed by atoms with E-state index < -0.39 is 11.2 Å². The van der Waals surface area contributed by atoms with E-state index in [1.54, 1.807) is 20.0 Å². The Kier molecular flexibility index (Phi) is 5.21. The molecule has 0 aliphatic carbocycles. The maximum absolute atomic E-state index is 12.8. The average molecular weight is 366 g/mol. The molecule has 3 rings (SSSR count). The lowest BCUT2D eigenvalue weighted by Crippen LogP contribution is -2.43. The first-order chi connectivity index (χ1) is 12.9. The Balaban J connectivity index is 1.83. The van der Waals surface area contributed by atoms with Crippen molar-refractivity contribution in [3.05, 3.63) is 74.1 Å². The number of nitrogens with zero attached hydrogens (tertiary/aromatic N) is 3. The fourth-order valence-corrected chi connectivity index (χ4v) is 3.15. The molecule has 3 aromatic rings. The van der Waals surface area contributed by atoms with Crippen molar-refractivity contribution in [2.75, 3.05) is 6.54 Å². The van der Waals surface area contributed by atoms with Gasteiger partial charge in [0.15, 0.2) is 0 Å². The molecule has 2 heterocycles. The van der Waals surface area contributed by atoms with Gasteiger partial charge in [0.25, 0.3) is 5.56 Å². The number of rotatable bonds is 5. The summed E-state index contributed by atoms with van der Waals surface area (Å²) in [4.78, 5) is 41.9. The minimum atomic E-state index is -0.553. The van der Waals surface area contributed by atoms with Gasteiger partial charge in [0.1, 0.15) is 12.2 Å². The highest BCUT2D eigenvalue weighted by molar-refractivity contribution is 5.79. The number of fused-ring (bicyclic) bond motifs is 1. The number of pyridine rings is 1. The summed E-state index contributed by atoms with van der Waals surface area (Å²) in [5, 5.41) is 3.12. The van der Waals surface area contributed by atoms with Crippen LogP contribution in [0.25, 0.3) is 11.0 Å². The van der Waals surface area contributed by atoms with E-state index in [-0.39, 0.29) is 12.5 Å². The van der Waals surface area contributed by atoms with Crippen LogP contribution < -0.4 is 16.6 Å². The molecule has 0 unspecified atom stereocenters. The van der Waals surface area contributed by atoms with Crippen molar-refractivity contribution in [3.8, 4) is 0 Å². The van der Waals surface area contributed by atoms with Gasteiger partial charge in [-0.3, -0.25) is 18.7 Å². The molecule has 0 radical (unpaired) electrons. The molecule has 0 saturated carbocycles. The third-order valence-corrected chi connectivity index (χ3v) is 4.50. The van der Waals surface area contributed by atoms with E-state index in [4.69, 9.17) is 0 Å². The molecule has 27 heavy (non-hydrogen) atoms. The largest absolute Gasteiger partial charge is 0.354 e. The first kappa shape index (κ1) is 18.6. The van der Waals surface area contributed by atoms with E-state index in [2.05, 4.69) is 10.3 Å². The summed E-state index contributed by atoms with van der Waals surface area (Å²) >= 11 is 0. The number of hydrogen-bond donors (Lipinski definition) is 1. The Bertz CT molecular complexity index is 1110. The third kappa shape index (κ3) is 3.81. The van der Waals surface area contributed by atoms with Crippen LogP contribution in [0.3, 0.4) is 0 Å². The van der Waals surface area contributed by atoms with E-state index in [0.717, 1.165) is 21.4 Å². The van der Waals surface area contributed by atoms with Crippen molar-refractivity contribution in [1.82, 2.24) is 19.4 Å². The highest BCUT2D eigenvalue weighted by Gasteiger charge is 2.16. The maximum atomic E-state index is 12.8. The van der Waals surface area contributed by atoms with Crippen molar-refractivity contribution in [2.45, 2.75) is 26.8 Å². The van der Waals surface area contributed by atoms with E-state index >= 15 is 0 Å². The van der Waals surface area contributed by atoms with Crippen molar-refractivity contribution >= 4 is 16.9 Å². The fraction of sp³-hybridized carbons (Fsp3) is 0.300.